The monoisotopic (exact) mass is 364 g/mol. The molecule has 0 spiro atoms. The van der Waals surface area contributed by atoms with Crippen molar-refractivity contribution < 1.29 is 9.53 Å². The minimum absolute atomic E-state index is 0.205. The first-order valence-corrected chi connectivity index (χ1v) is 8.72. The Bertz CT molecular complexity index is 594. The number of hydrogen-bond acceptors (Lipinski definition) is 3. The van der Waals surface area contributed by atoms with Crippen molar-refractivity contribution in [1.82, 2.24) is 4.81 Å². The van der Waals surface area contributed by atoms with Crippen LogP contribution in [0, 0.1) is 0 Å². The molecule has 0 saturated carbocycles. The molecule has 0 radical (unpaired) electrons. The predicted octanol–water partition coefficient (Wildman–Crippen LogP) is 1.32. The fourth-order valence-corrected chi connectivity index (χ4v) is 4.33. The van der Waals surface area contributed by atoms with Gasteiger partial charge in [-0.1, -0.05) is 6.07 Å². The maximum atomic E-state index is 12.3. The van der Waals surface area contributed by atoms with Crippen LogP contribution in [-0.4, -0.2) is 52.1 Å². The van der Waals surface area contributed by atoms with Crippen molar-refractivity contribution in [2.75, 3.05) is 38.3 Å². The molecule has 0 unspecified atom stereocenters. The fourth-order valence-electron chi connectivity index (χ4n) is 3.41. The maximum Gasteiger partial charge on any atom is 0.227 e. The summed E-state index contributed by atoms with van der Waals surface area (Å²) in [6.07, 6.45) is 3.57. The first kappa shape index (κ1) is 16.0. The van der Waals surface area contributed by atoms with Crippen molar-refractivity contribution in [3.63, 3.8) is 0 Å². The van der Waals surface area contributed by atoms with E-state index >= 15 is 0 Å². The normalized spacial score (nSPS) is 18.8. The van der Waals surface area contributed by atoms with Crippen LogP contribution < -0.4 is 4.90 Å². The molecule has 0 N–H and O–H groups in total. The summed E-state index contributed by atoms with van der Waals surface area (Å²) >= 11 is 3.81. The van der Waals surface area contributed by atoms with Crippen molar-refractivity contribution in [2.24, 2.45) is 0 Å². The third kappa shape index (κ3) is 2.96. The molecule has 2 aliphatic heterocycles. The Morgan fingerprint density at radius 2 is 2.00 bits per heavy atom. The van der Waals surface area contributed by atoms with Gasteiger partial charge in [-0.2, -0.15) is 0 Å². The van der Waals surface area contributed by atoms with Crippen LogP contribution in [0.2, 0.25) is 0 Å². The summed E-state index contributed by atoms with van der Waals surface area (Å²) in [7, 11) is 3.85. The second-order valence-corrected chi connectivity index (χ2v) is 6.97. The molecular formula is C16H22BBrN2O2. The van der Waals surface area contributed by atoms with Crippen molar-refractivity contribution in [1.29, 1.82) is 0 Å². The van der Waals surface area contributed by atoms with Crippen LogP contribution in [0.25, 0.3) is 0 Å². The van der Waals surface area contributed by atoms with Crippen LogP contribution in [0.1, 0.15) is 23.1 Å². The highest BCUT2D eigenvalue weighted by molar-refractivity contribution is 9.10. The SMILES string of the molecule is BN1CCc2cc3c(c(Br)c2CC1)N(CCOC)C(=O)CC3. The van der Waals surface area contributed by atoms with Crippen molar-refractivity contribution in [2.45, 2.75) is 25.7 Å². The van der Waals surface area contributed by atoms with E-state index in [-0.39, 0.29) is 5.91 Å². The van der Waals surface area contributed by atoms with E-state index in [1.54, 1.807) is 7.11 Å². The molecule has 1 amide bonds. The number of aryl methyl sites for hydroxylation is 1. The zero-order valence-corrected chi connectivity index (χ0v) is 14.9. The molecular weight excluding hydrogens is 343 g/mol. The molecule has 0 aliphatic carbocycles. The number of ether oxygens (including phenoxy) is 1. The highest BCUT2D eigenvalue weighted by Gasteiger charge is 2.29. The number of carbonyl (C=O) groups excluding carboxylic acids is 1. The van der Waals surface area contributed by atoms with Crippen molar-refractivity contribution in [3.05, 3.63) is 27.2 Å². The lowest BCUT2D eigenvalue weighted by atomic mass is 9.93. The van der Waals surface area contributed by atoms with Crippen molar-refractivity contribution >= 4 is 35.5 Å². The molecule has 3 rings (SSSR count). The zero-order chi connectivity index (χ0) is 15.7. The van der Waals surface area contributed by atoms with Crippen LogP contribution in [0.15, 0.2) is 10.5 Å². The minimum Gasteiger partial charge on any atom is -0.383 e. The third-order valence-corrected chi connectivity index (χ3v) is 5.57. The molecule has 1 aromatic rings. The number of methoxy groups -OCH3 is 1. The number of halogens is 1. The predicted molar refractivity (Wildman–Crippen MR) is 94.2 cm³/mol. The van der Waals surface area contributed by atoms with Gasteiger partial charge in [-0.15, -0.1) is 0 Å². The van der Waals surface area contributed by atoms with Crippen molar-refractivity contribution in [3.8, 4) is 0 Å². The number of anilines is 1. The zero-order valence-electron chi connectivity index (χ0n) is 13.3. The summed E-state index contributed by atoms with van der Waals surface area (Å²) < 4.78 is 6.30. The van der Waals surface area contributed by atoms with Gasteiger partial charge in [0, 0.05) is 24.5 Å². The summed E-state index contributed by atoms with van der Waals surface area (Å²) in [5, 5.41) is 0. The van der Waals surface area contributed by atoms with Gasteiger partial charge in [0.2, 0.25) is 5.91 Å². The van der Waals surface area contributed by atoms with Gasteiger partial charge in [0.15, 0.2) is 7.98 Å². The fraction of sp³-hybridized carbons (Fsp3) is 0.562. The standard InChI is InChI=1S/C16H22BBrN2O2/c1-22-9-8-20-14(21)3-2-12-10-11-4-6-19(17)7-5-13(11)15(18)16(12)20/h10H,2-9,17H2,1H3. The molecule has 22 heavy (non-hydrogen) atoms. The average Bonchev–Trinajstić information content (AvgIpc) is 2.69. The quantitative estimate of drug-likeness (QED) is 0.758. The van der Waals surface area contributed by atoms with Crippen LogP contribution >= 0.6 is 15.9 Å². The molecule has 118 valence electrons. The minimum atomic E-state index is 0.205. The molecule has 2 heterocycles. The largest absolute Gasteiger partial charge is 0.383 e. The van der Waals surface area contributed by atoms with Crippen LogP contribution in [-0.2, 0) is 28.8 Å². The molecule has 6 heteroatoms. The van der Waals surface area contributed by atoms with Gasteiger partial charge in [-0.25, -0.2) is 0 Å². The lowest BCUT2D eigenvalue weighted by Gasteiger charge is -2.32. The Morgan fingerprint density at radius 1 is 1.23 bits per heavy atom. The van der Waals surface area contributed by atoms with Gasteiger partial charge in [0.05, 0.1) is 12.3 Å². The van der Waals surface area contributed by atoms with E-state index in [0.717, 1.165) is 42.5 Å². The molecule has 2 aliphatic rings. The topological polar surface area (TPSA) is 32.8 Å². The van der Waals surface area contributed by atoms with Gasteiger partial charge in [-0.3, -0.25) is 4.79 Å². The van der Waals surface area contributed by atoms with E-state index in [1.807, 2.05) is 4.90 Å². The number of benzene rings is 1. The second-order valence-electron chi connectivity index (χ2n) is 6.18. The molecule has 4 nitrogen and oxygen atoms in total. The number of amides is 1. The molecule has 1 aromatic carbocycles. The van der Waals surface area contributed by atoms with Gasteiger partial charge >= 0.3 is 0 Å². The average molecular weight is 365 g/mol. The summed E-state index contributed by atoms with van der Waals surface area (Å²) in [4.78, 5) is 16.6. The van der Waals surface area contributed by atoms with Crippen LogP contribution in [0.4, 0.5) is 5.69 Å². The summed E-state index contributed by atoms with van der Waals surface area (Å²) in [5.41, 5.74) is 5.19. The molecule has 0 atom stereocenters. The lowest BCUT2D eigenvalue weighted by Crippen LogP contribution is -2.38. The lowest BCUT2D eigenvalue weighted by molar-refractivity contribution is -0.119. The number of rotatable bonds is 3. The third-order valence-electron chi connectivity index (χ3n) is 4.72. The molecule has 0 bridgehead atoms. The smallest absolute Gasteiger partial charge is 0.227 e. The van der Waals surface area contributed by atoms with Crippen LogP contribution in [0.3, 0.4) is 0 Å². The molecule has 0 aromatic heterocycles. The highest BCUT2D eigenvalue weighted by atomic mass is 79.9. The first-order valence-electron chi connectivity index (χ1n) is 7.92. The van der Waals surface area contributed by atoms with E-state index in [2.05, 4.69) is 34.8 Å². The Kier molecular flexibility index (Phi) is 4.90. The van der Waals surface area contributed by atoms with Gasteiger partial charge < -0.3 is 14.4 Å². The molecule has 0 saturated heterocycles. The van der Waals surface area contributed by atoms with E-state index in [1.165, 1.54) is 16.7 Å². The van der Waals surface area contributed by atoms with Gasteiger partial charge in [0.1, 0.15) is 0 Å². The summed E-state index contributed by atoms with van der Waals surface area (Å²) in [6, 6.07) is 2.33. The van der Waals surface area contributed by atoms with E-state index in [4.69, 9.17) is 4.74 Å². The number of nitrogens with zero attached hydrogens (tertiary/aromatic N) is 2. The maximum absolute atomic E-state index is 12.3. The van der Waals surface area contributed by atoms with Gasteiger partial charge in [-0.05, 0) is 65.0 Å². The van der Waals surface area contributed by atoms with E-state index < -0.39 is 0 Å². The second kappa shape index (κ2) is 6.73. The number of hydrogen-bond donors (Lipinski definition) is 0. The van der Waals surface area contributed by atoms with E-state index in [9.17, 15) is 4.79 Å². The van der Waals surface area contributed by atoms with Gasteiger partial charge in [0.25, 0.3) is 0 Å². The summed E-state index contributed by atoms with van der Waals surface area (Å²) in [6.45, 7) is 3.36. The molecule has 0 fully saturated rings. The Labute approximate surface area is 141 Å². The van der Waals surface area contributed by atoms with Crippen LogP contribution in [0.5, 0.6) is 0 Å². The number of fused-ring (bicyclic) bond motifs is 2. The summed E-state index contributed by atoms with van der Waals surface area (Å²) in [5.74, 6) is 0.205. The highest BCUT2D eigenvalue weighted by Crippen LogP contribution is 2.40. The Hall–Kier alpha value is -0.845. The Morgan fingerprint density at radius 3 is 2.77 bits per heavy atom. The first-order chi connectivity index (χ1) is 10.6. The Balaban J connectivity index is 2.03. The van der Waals surface area contributed by atoms with E-state index in [0.29, 0.717) is 19.6 Å². The number of carbonyl (C=O) groups is 1.